The smallest absolute Gasteiger partial charge is 0.272 e. The molecule has 0 aliphatic rings. The Morgan fingerprint density at radius 1 is 0.717 bits per heavy atom. The summed E-state index contributed by atoms with van der Waals surface area (Å²) in [4.78, 5) is 40.8. The normalized spacial score (nSPS) is 11.8. The molecule has 46 heavy (non-hydrogen) atoms. The molecule has 3 amide bonds. The van der Waals surface area contributed by atoms with Crippen LogP contribution in [0.1, 0.15) is 37.9 Å². The molecule has 5 rings (SSSR count). The number of carbonyl (C=O) groups is 3. The molecule has 5 aromatic rings. The van der Waals surface area contributed by atoms with Crippen LogP contribution < -0.4 is 16.0 Å². The first-order valence-corrected chi connectivity index (χ1v) is 15.9. The SMILES string of the molecule is Cc1cccc(NC(=O)C(Sc2ccc(NC(=O)/C(=C/c3ccc(Cl)cc3)NC(=O)c3ccccc3)cc2)c2ccccc2)c1C. The molecule has 1 atom stereocenters. The van der Waals surface area contributed by atoms with Crippen molar-refractivity contribution >= 4 is 58.5 Å². The summed E-state index contributed by atoms with van der Waals surface area (Å²) in [6, 6.07) is 38.3. The van der Waals surface area contributed by atoms with Crippen LogP contribution in [0.15, 0.2) is 138 Å². The molecule has 0 radical (unpaired) electrons. The van der Waals surface area contributed by atoms with Gasteiger partial charge < -0.3 is 16.0 Å². The third-order valence-electron chi connectivity index (χ3n) is 7.28. The maximum Gasteiger partial charge on any atom is 0.272 e. The average Bonchev–Trinajstić information content (AvgIpc) is 3.07. The lowest BCUT2D eigenvalue weighted by Gasteiger charge is -2.19. The summed E-state index contributed by atoms with van der Waals surface area (Å²) in [5.41, 5.74) is 5.50. The zero-order valence-corrected chi connectivity index (χ0v) is 26.9. The summed E-state index contributed by atoms with van der Waals surface area (Å²) < 4.78 is 0. The molecule has 0 fully saturated rings. The summed E-state index contributed by atoms with van der Waals surface area (Å²) in [6.45, 7) is 4.01. The first-order chi connectivity index (χ1) is 22.3. The number of amides is 3. The van der Waals surface area contributed by atoms with Gasteiger partial charge in [-0.2, -0.15) is 0 Å². The van der Waals surface area contributed by atoms with Crippen molar-refractivity contribution in [3.8, 4) is 0 Å². The van der Waals surface area contributed by atoms with E-state index in [0.29, 0.717) is 21.8 Å². The lowest BCUT2D eigenvalue weighted by atomic mass is 10.1. The summed E-state index contributed by atoms with van der Waals surface area (Å²) in [5.74, 6) is -1.03. The van der Waals surface area contributed by atoms with E-state index in [1.807, 2.05) is 80.6 Å². The van der Waals surface area contributed by atoms with E-state index in [2.05, 4.69) is 16.0 Å². The van der Waals surface area contributed by atoms with Crippen molar-refractivity contribution in [2.45, 2.75) is 24.0 Å². The number of hydrogen-bond donors (Lipinski definition) is 3. The van der Waals surface area contributed by atoms with Crippen LogP contribution in [0.3, 0.4) is 0 Å². The summed E-state index contributed by atoms with van der Waals surface area (Å²) in [5, 5.41) is 8.77. The Kier molecular flexibility index (Phi) is 10.7. The molecule has 8 heteroatoms. The lowest BCUT2D eigenvalue weighted by molar-refractivity contribution is -0.116. The number of anilines is 2. The second kappa shape index (κ2) is 15.3. The number of thioether (sulfide) groups is 1. The van der Waals surface area contributed by atoms with Crippen molar-refractivity contribution in [3.63, 3.8) is 0 Å². The average molecular weight is 646 g/mol. The highest BCUT2D eigenvalue weighted by molar-refractivity contribution is 8.00. The lowest BCUT2D eigenvalue weighted by Crippen LogP contribution is -2.30. The van der Waals surface area contributed by atoms with E-state index in [9.17, 15) is 14.4 Å². The molecule has 0 saturated carbocycles. The first-order valence-electron chi connectivity index (χ1n) is 14.6. The molecule has 0 bridgehead atoms. The fourth-order valence-electron chi connectivity index (χ4n) is 4.60. The largest absolute Gasteiger partial charge is 0.325 e. The van der Waals surface area contributed by atoms with E-state index in [1.54, 1.807) is 66.7 Å². The van der Waals surface area contributed by atoms with E-state index in [4.69, 9.17) is 11.6 Å². The topological polar surface area (TPSA) is 87.3 Å². The number of aryl methyl sites for hydroxylation is 1. The monoisotopic (exact) mass is 645 g/mol. The zero-order chi connectivity index (χ0) is 32.5. The van der Waals surface area contributed by atoms with Crippen LogP contribution in [0.25, 0.3) is 6.08 Å². The molecule has 0 aromatic heterocycles. The Hall–Kier alpha value is -5.11. The third kappa shape index (κ3) is 8.53. The number of rotatable bonds is 10. The molecule has 0 spiro atoms. The van der Waals surface area contributed by atoms with E-state index in [0.717, 1.165) is 27.3 Å². The van der Waals surface area contributed by atoms with Crippen molar-refractivity contribution in [1.82, 2.24) is 5.32 Å². The Balaban J connectivity index is 1.33. The van der Waals surface area contributed by atoms with Crippen molar-refractivity contribution in [2.75, 3.05) is 10.6 Å². The van der Waals surface area contributed by atoms with Gasteiger partial charge in [0.25, 0.3) is 11.8 Å². The van der Waals surface area contributed by atoms with E-state index in [-0.39, 0.29) is 11.6 Å². The van der Waals surface area contributed by atoms with E-state index in [1.165, 1.54) is 11.8 Å². The third-order valence-corrected chi connectivity index (χ3v) is 8.80. The van der Waals surface area contributed by atoms with Gasteiger partial charge in [0.2, 0.25) is 5.91 Å². The molecule has 0 heterocycles. The van der Waals surface area contributed by atoms with Crippen LogP contribution in [-0.2, 0) is 9.59 Å². The highest BCUT2D eigenvalue weighted by atomic mass is 35.5. The van der Waals surface area contributed by atoms with Gasteiger partial charge in [-0.25, -0.2) is 0 Å². The Morgan fingerprint density at radius 3 is 2.04 bits per heavy atom. The maximum absolute atomic E-state index is 13.6. The fraction of sp³-hybridized carbons (Fsp3) is 0.0789. The van der Waals surface area contributed by atoms with Crippen molar-refractivity contribution in [1.29, 1.82) is 0 Å². The summed E-state index contributed by atoms with van der Waals surface area (Å²) in [6.07, 6.45) is 1.59. The van der Waals surface area contributed by atoms with Gasteiger partial charge in [-0.05, 0) is 96.8 Å². The molecule has 0 saturated heterocycles. The van der Waals surface area contributed by atoms with Gasteiger partial charge in [0.05, 0.1) is 0 Å². The Labute approximate surface area is 277 Å². The van der Waals surface area contributed by atoms with Crippen molar-refractivity contribution < 1.29 is 14.4 Å². The highest BCUT2D eigenvalue weighted by Crippen LogP contribution is 2.37. The van der Waals surface area contributed by atoms with Gasteiger partial charge >= 0.3 is 0 Å². The van der Waals surface area contributed by atoms with Gasteiger partial charge in [0, 0.05) is 26.9 Å². The van der Waals surface area contributed by atoms with Crippen LogP contribution >= 0.6 is 23.4 Å². The molecule has 0 aliphatic heterocycles. The number of nitrogens with one attached hydrogen (secondary N) is 3. The second-order valence-electron chi connectivity index (χ2n) is 10.6. The van der Waals surface area contributed by atoms with Crippen molar-refractivity contribution in [3.05, 3.63) is 166 Å². The van der Waals surface area contributed by atoms with Crippen LogP contribution in [0.4, 0.5) is 11.4 Å². The molecule has 5 aromatic carbocycles. The maximum atomic E-state index is 13.6. The van der Waals surface area contributed by atoms with Gasteiger partial charge in [-0.3, -0.25) is 14.4 Å². The highest BCUT2D eigenvalue weighted by Gasteiger charge is 2.23. The fourth-order valence-corrected chi connectivity index (χ4v) is 5.76. The summed E-state index contributed by atoms with van der Waals surface area (Å²) >= 11 is 7.45. The Morgan fingerprint density at radius 2 is 1.37 bits per heavy atom. The van der Waals surface area contributed by atoms with Crippen LogP contribution in [-0.4, -0.2) is 17.7 Å². The van der Waals surface area contributed by atoms with Crippen LogP contribution in [0, 0.1) is 13.8 Å². The number of benzene rings is 5. The minimum Gasteiger partial charge on any atom is -0.325 e. The second-order valence-corrected chi connectivity index (χ2v) is 12.2. The van der Waals surface area contributed by atoms with Gasteiger partial charge in [0.15, 0.2) is 0 Å². The summed E-state index contributed by atoms with van der Waals surface area (Å²) in [7, 11) is 0. The number of halogens is 1. The predicted octanol–water partition coefficient (Wildman–Crippen LogP) is 8.84. The molecule has 1 unspecified atom stereocenters. The van der Waals surface area contributed by atoms with Crippen LogP contribution in [0.5, 0.6) is 0 Å². The minimum atomic E-state index is -0.510. The predicted molar refractivity (Wildman–Crippen MR) is 188 cm³/mol. The van der Waals surface area contributed by atoms with Gasteiger partial charge in [-0.1, -0.05) is 84.4 Å². The quantitative estimate of drug-likeness (QED) is 0.105. The molecular weight excluding hydrogens is 614 g/mol. The zero-order valence-electron chi connectivity index (χ0n) is 25.3. The van der Waals surface area contributed by atoms with E-state index < -0.39 is 17.1 Å². The molecule has 3 N–H and O–H groups in total. The minimum absolute atomic E-state index is 0.0712. The van der Waals surface area contributed by atoms with Gasteiger partial charge in [-0.15, -0.1) is 11.8 Å². The van der Waals surface area contributed by atoms with Crippen LogP contribution in [0.2, 0.25) is 5.02 Å². The van der Waals surface area contributed by atoms with Gasteiger partial charge in [0.1, 0.15) is 10.9 Å². The van der Waals surface area contributed by atoms with Crippen molar-refractivity contribution in [2.24, 2.45) is 0 Å². The number of hydrogen-bond acceptors (Lipinski definition) is 4. The molecule has 6 nitrogen and oxygen atoms in total. The molecule has 0 aliphatic carbocycles. The Bertz CT molecular complexity index is 1860. The standard InChI is InChI=1S/C38H32ClN3O3S/c1-25-10-9-15-33(26(25)2)41-38(45)35(28-11-5-3-6-12-28)46-32-22-20-31(21-23-32)40-37(44)34(24-27-16-18-30(39)19-17-27)42-36(43)29-13-7-4-8-14-29/h3-24,35H,1-2H3,(H,40,44)(H,41,45)(H,42,43)/b34-24-. The molecular formula is C38H32ClN3O3S. The van der Waals surface area contributed by atoms with E-state index >= 15 is 0 Å². The molecule has 230 valence electrons. The number of carbonyl (C=O) groups excluding carboxylic acids is 3. The first kappa shape index (κ1) is 32.3.